The highest BCUT2D eigenvalue weighted by Gasteiger charge is 2.19. The molecule has 0 aliphatic rings. The zero-order valence-corrected chi connectivity index (χ0v) is 20.1. The first-order valence-corrected chi connectivity index (χ1v) is 12.1. The Hall–Kier alpha value is -3.14. The Morgan fingerprint density at radius 1 is 1.27 bits per heavy atom. The van der Waals surface area contributed by atoms with Gasteiger partial charge >= 0.3 is 0 Å². The van der Waals surface area contributed by atoms with Crippen LogP contribution in [0.1, 0.15) is 0 Å². The summed E-state index contributed by atoms with van der Waals surface area (Å²) in [6.07, 6.45) is 1.74. The molecule has 0 fully saturated rings. The van der Waals surface area contributed by atoms with Crippen LogP contribution in [0, 0.1) is 0 Å². The Balaban J connectivity index is 1.47. The van der Waals surface area contributed by atoms with Crippen LogP contribution in [0.2, 0.25) is 5.02 Å². The summed E-state index contributed by atoms with van der Waals surface area (Å²) in [5.41, 5.74) is 2.55. The second-order valence-corrected chi connectivity index (χ2v) is 9.03. The number of carbonyl (C=O) groups excluding carboxylic acids is 1. The van der Waals surface area contributed by atoms with E-state index in [0.29, 0.717) is 39.0 Å². The molecule has 1 amide bonds. The number of amides is 1. The van der Waals surface area contributed by atoms with Gasteiger partial charge in [-0.05, 0) is 18.2 Å². The van der Waals surface area contributed by atoms with Crippen molar-refractivity contribution in [1.82, 2.24) is 19.7 Å². The third-order valence-electron chi connectivity index (χ3n) is 4.58. The molecule has 33 heavy (non-hydrogen) atoms. The Morgan fingerprint density at radius 3 is 2.85 bits per heavy atom. The Kier molecular flexibility index (Phi) is 7.43. The van der Waals surface area contributed by atoms with Crippen molar-refractivity contribution in [2.45, 2.75) is 11.7 Å². The molecule has 0 atom stereocenters. The third-order valence-corrected chi connectivity index (χ3v) is 6.54. The maximum Gasteiger partial charge on any atom is 0.236 e. The van der Waals surface area contributed by atoms with E-state index in [1.165, 1.54) is 23.1 Å². The van der Waals surface area contributed by atoms with Gasteiger partial charge in [0.05, 0.1) is 24.1 Å². The summed E-state index contributed by atoms with van der Waals surface area (Å²) in [6, 6.07) is 15.1. The van der Waals surface area contributed by atoms with E-state index in [9.17, 15) is 4.79 Å². The summed E-state index contributed by atoms with van der Waals surface area (Å²) in [5.74, 6) is 1.19. The lowest BCUT2D eigenvalue weighted by molar-refractivity contribution is -0.113. The van der Waals surface area contributed by atoms with Crippen LogP contribution in [0.25, 0.3) is 22.6 Å². The molecule has 1 N–H and O–H groups in total. The Morgan fingerprint density at radius 2 is 2.09 bits per heavy atom. The molecule has 168 valence electrons. The zero-order chi connectivity index (χ0) is 23.2. The fourth-order valence-electron chi connectivity index (χ4n) is 3.10. The number of anilines is 1. The molecule has 10 heteroatoms. The van der Waals surface area contributed by atoms with Gasteiger partial charge in [0, 0.05) is 22.5 Å². The molecule has 2 heterocycles. The molecule has 0 aliphatic heterocycles. The Bertz CT molecular complexity index is 1270. The summed E-state index contributed by atoms with van der Waals surface area (Å²) >= 11 is 8.85. The van der Waals surface area contributed by atoms with Gasteiger partial charge in [-0.2, -0.15) is 0 Å². The van der Waals surface area contributed by atoms with Crippen LogP contribution in [0.5, 0.6) is 5.75 Å². The van der Waals surface area contributed by atoms with Gasteiger partial charge in [0.25, 0.3) is 0 Å². The van der Waals surface area contributed by atoms with Crippen LogP contribution in [-0.4, -0.2) is 38.5 Å². The number of methoxy groups -OCH3 is 1. The largest absolute Gasteiger partial charge is 0.496 e. The van der Waals surface area contributed by atoms with Crippen LogP contribution in [-0.2, 0) is 11.3 Å². The van der Waals surface area contributed by atoms with Crippen molar-refractivity contribution < 1.29 is 9.53 Å². The van der Waals surface area contributed by atoms with Gasteiger partial charge in [-0.15, -0.1) is 28.1 Å². The molecule has 7 nitrogen and oxygen atoms in total. The van der Waals surface area contributed by atoms with E-state index in [1.54, 1.807) is 31.4 Å². The maximum absolute atomic E-state index is 12.5. The summed E-state index contributed by atoms with van der Waals surface area (Å²) in [6.45, 7) is 4.29. The topological polar surface area (TPSA) is 81.9 Å². The summed E-state index contributed by atoms with van der Waals surface area (Å²) < 4.78 is 7.32. The SMILES string of the molecule is C=CCn1c(SCC(=O)Nc2nc(-c3ccccc3)cs2)nnc1-c1cc(Cl)ccc1OC. The molecule has 0 spiro atoms. The van der Waals surface area contributed by atoms with Crippen molar-refractivity contribution in [2.75, 3.05) is 18.2 Å². The molecule has 0 saturated carbocycles. The molecule has 4 rings (SSSR count). The summed E-state index contributed by atoms with van der Waals surface area (Å²) in [5, 5.41) is 15.1. The second kappa shape index (κ2) is 10.7. The second-order valence-electron chi connectivity index (χ2n) is 6.79. The predicted octanol–water partition coefficient (Wildman–Crippen LogP) is 5.65. The van der Waals surface area contributed by atoms with Crippen LogP contribution in [0.4, 0.5) is 5.13 Å². The van der Waals surface area contributed by atoms with Crippen molar-refractivity contribution in [1.29, 1.82) is 0 Å². The monoisotopic (exact) mass is 497 g/mol. The van der Waals surface area contributed by atoms with E-state index in [-0.39, 0.29) is 11.7 Å². The number of hydrogen-bond donors (Lipinski definition) is 1. The van der Waals surface area contributed by atoms with Crippen LogP contribution in [0.3, 0.4) is 0 Å². The minimum absolute atomic E-state index is 0.155. The van der Waals surface area contributed by atoms with Gasteiger partial charge in [-0.25, -0.2) is 4.98 Å². The number of benzene rings is 2. The molecule has 4 aromatic rings. The molecule has 2 aromatic heterocycles. The fraction of sp³-hybridized carbons (Fsp3) is 0.130. The number of rotatable bonds is 9. The molecule has 0 radical (unpaired) electrons. The van der Waals surface area contributed by atoms with E-state index < -0.39 is 0 Å². The van der Waals surface area contributed by atoms with Gasteiger partial charge in [0.2, 0.25) is 5.91 Å². The molecular formula is C23H20ClN5O2S2. The maximum atomic E-state index is 12.5. The Labute approximate surface area is 204 Å². The molecule has 0 bridgehead atoms. The summed E-state index contributed by atoms with van der Waals surface area (Å²) in [7, 11) is 1.59. The standard InChI is InChI=1S/C23H20ClN5O2S2/c1-3-11-29-21(17-12-16(24)9-10-19(17)31-2)27-28-23(29)33-14-20(30)26-22-25-18(13-32-22)15-7-5-4-6-8-15/h3-10,12-13H,1,11,14H2,2H3,(H,25,26,30). The van der Waals surface area contributed by atoms with Crippen molar-refractivity contribution in [3.05, 3.63) is 71.6 Å². The van der Waals surface area contributed by atoms with E-state index in [1.807, 2.05) is 40.3 Å². The van der Waals surface area contributed by atoms with Gasteiger partial charge < -0.3 is 10.1 Å². The smallest absolute Gasteiger partial charge is 0.236 e. The number of nitrogens with one attached hydrogen (secondary N) is 1. The number of thiazole rings is 1. The number of halogens is 1. The lowest BCUT2D eigenvalue weighted by atomic mass is 10.2. The van der Waals surface area contributed by atoms with E-state index in [2.05, 4.69) is 27.1 Å². The molecule has 0 aliphatic carbocycles. The molecule has 0 saturated heterocycles. The lowest BCUT2D eigenvalue weighted by Crippen LogP contribution is -2.14. The van der Waals surface area contributed by atoms with Gasteiger partial charge in [-0.1, -0.05) is 59.8 Å². The highest BCUT2D eigenvalue weighted by molar-refractivity contribution is 7.99. The molecule has 0 unspecified atom stereocenters. The van der Waals surface area contributed by atoms with E-state index in [0.717, 1.165) is 11.3 Å². The van der Waals surface area contributed by atoms with Gasteiger partial charge in [0.15, 0.2) is 16.1 Å². The lowest BCUT2D eigenvalue weighted by Gasteiger charge is -2.11. The number of aromatic nitrogens is 4. The van der Waals surface area contributed by atoms with Crippen molar-refractivity contribution in [3.63, 3.8) is 0 Å². The number of ether oxygens (including phenoxy) is 1. The fourth-order valence-corrected chi connectivity index (χ4v) is 4.76. The predicted molar refractivity (Wildman–Crippen MR) is 134 cm³/mol. The third kappa shape index (κ3) is 5.44. The number of hydrogen-bond acceptors (Lipinski definition) is 7. The quantitative estimate of drug-likeness (QED) is 0.238. The molecular weight excluding hydrogens is 478 g/mol. The van der Waals surface area contributed by atoms with Crippen molar-refractivity contribution in [2.24, 2.45) is 0 Å². The minimum Gasteiger partial charge on any atom is -0.496 e. The van der Waals surface area contributed by atoms with Crippen LogP contribution < -0.4 is 10.1 Å². The van der Waals surface area contributed by atoms with E-state index in [4.69, 9.17) is 16.3 Å². The highest BCUT2D eigenvalue weighted by atomic mass is 35.5. The number of thioether (sulfide) groups is 1. The van der Waals surface area contributed by atoms with E-state index >= 15 is 0 Å². The number of carbonyl (C=O) groups is 1. The minimum atomic E-state index is -0.177. The van der Waals surface area contributed by atoms with Crippen LogP contribution in [0.15, 0.2) is 71.7 Å². The number of allylic oxidation sites excluding steroid dienone is 1. The number of nitrogens with zero attached hydrogens (tertiary/aromatic N) is 4. The first kappa shape index (κ1) is 23.0. The van der Waals surface area contributed by atoms with Gasteiger partial charge in [-0.3, -0.25) is 9.36 Å². The van der Waals surface area contributed by atoms with Crippen molar-refractivity contribution >= 4 is 45.7 Å². The average Bonchev–Trinajstić information content (AvgIpc) is 3.46. The zero-order valence-electron chi connectivity index (χ0n) is 17.7. The normalized spacial score (nSPS) is 10.7. The first-order chi connectivity index (χ1) is 16.1. The first-order valence-electron chi connectivity index (χ1n) is 9.90. The van der Waals surface area contributed by atoms with Crippen LogP contribution >= 0.6 is 34.7 Å². The average molecular weight is 498 g/mol. The molecule has 2 aromatic carbocycles. The summed E-state index contributed by atoms with van der Waals surface area (Å²) in [4.78, 5) is 17.0. The van der Waals surface area contributed by atoms with Gasteiger partial charge in [0.1, 0.15) is 5.75 Å². The highest BCUT2D eigenvalue weighted by Crippen LogP contribution is 2.33. The van der Waals surface area contributed by atoms with Crippen molar-refractivity contribution in [3.8, 4) is 28.4 Å².